The zero-order valence-corrected chi connectivity index (χ0v) is 3.31. The smallest absolute Gasteiger partial charge is 0.146 e. The van der Waals surface area contributed by atoms with E-state index in [4.69, 9.17) is 16.7 Å². The van der Waals surface area contributed by atoms with Crippen LogP contribution in [0.5, 0.6) is 0 Å². The molecule has 0 saturated heterocycles. The Labute approximate surface area is 35.9 Å². The van der Waals surface area contributed by atoms with E-state index in [0.717, 1.165) is 6.08 Å². The van der Waals surface area contributed by atoms with E-state index in [9.17, 15) is 0 Å². The molecule has 29 valence electrons. The predicted octanol–water partition coefficient (Wildman–Crippen LogP) is 0.533. The summed E-state index contributed by atoms with van der Waals surface area (Å²) in [5, 5.41) is 7.95. The largest absolute Gasteiger partial charge is 0.374 e. The van der Waals surface area contributed by atoms with E-state index in [-0.39, 0.29) is 0 Å². The van der Waals surface area contributed by atoms with Crippen LogP contribution in [0.15, 0.2) is 6.08 Å². The zero-order chi connectivity index (χ0) is 4.28. The molecule has 1 nitrogen and oxygen atoms in total. The monoisotopic (exact) mass is 91.0 g/mol. The summed E-state index contributed by atoms with van der Waals surface area (Å²) in [6.45, 7) is 4.66. The SMILES string of the molecule is [CH]=CC(O)Cl. The van der Waals surface area contributed by atoms with Gasteiger partial charge in [0.25, 0.3) is 0 Å². The van der Waals surface area contributed by atoms with Gasteiger partial charge in [0.15, 0.2) is 0 Å². The second-order valence-corrected chi connectivity index (χ2v) is 1.01. The molecular weight excluding hydrogens is 87.5 g/mol. The van der Waals surface area contributed by atoms with Crippen molar-refractivity contribution in [3.63, 3.8) is 0 Å². The van der Waals surface area contributed by atoms with E-state index >= 15 is 0 Å². The number of hydrogen-bond donors (Lipinski definition) is 1. The van der Waals surface area contributed by atoms with Crippen LogP contribution in [0.3, 0.4) is 0 Å². The molecule has 5 heavy (non-hydrogen) atoms. The molecule has 0 aliphatic heterocycles. The van der Waals surface area contributed by atoms with E-state index < -0.39 is 5.56 Å². The maximum atomic E-state index is 7.95. The number of hydrogen-bond acceptors (Lipinski definition) is 1. The van der Waals surface area contributed by atoms with Crippen molar-refractivity contribution in [2.75, 3.05) is 0 Å². The standard InChI is InChI=1S/C3H4ClO/c1-2-3(4)5/h1-3,5H. The van der Waals surface area contributed by atoms with Crippen molar-refractivity contribution in [3.05, 3.63) is 12.7 Å². The van der Waals surface area contributed by atoms with Gasteiger partial charge in [0.05, 0.1) is 0 Å². The highest BCUT2D eigenvalue weighted by atomic mass is 35.5. The van der Waals surface area contributed by atoms with Gasteiger partial charge in [-0.15, -0.1) is 0 Å². The molecule has 1 unspecified atom stereocenters. The van der Waals surface area contributed by atoms with Crippen LogP contribution >= 0.6 is 11.6 Å². The van der Waals surface area contributed by atoms with Crippen molar-refractivity contribution in [3.8, 4) is 0 Å². The highest BCUT2D eigenvalue weighted by Gasteiger charge is 1.79. The molecule has 0 aliphatic rings. The Morgan fingerprint density at radius 3 is 2.20 bits per heavy atom. The van der Waals surface area contributed by atoms with Gasteiger partial charge in [-0.25, -0.2) is 0 Å². The van der Waals surface area contributed by atoms with Crippen molar-refractivity contribution in [2.24, 2.45) is 0 Å². The van der Waals surface area contributed by atoms with Crippen molar-refractivity contribution in [2.45, 2.75) is 5.56 Å². The van der Waals surface area contributed by atoms with E-state index in [1.54, 1.807) is 0 Å². The summed E-state index contributed by atoms with van der Waals surface area (Å²) in [6, 6.07) is 0. The van der Waals surface area contributed by atoms with Gasteiger partial charge in [0.1, 0.15) is 5.56 Å². The minimum absolute atomic E-state index is 0.988. The zero-order valence-electron chi connectivity index (χ0n) is 2.56. The van der Waals surface area contributed by atoms with Crippen LogP contribution in [-0.4, -0.2) is 10.7 Å². The predicted molar refractivity (Wildman–Crippen MR) is 20.7 cm³/mol. The quantitative estimate of drug-likeness (QED) is 0.467. The molecule has 0 aromatic heterocycles. The van der Waals surface area contributed by atoms with Gasteiger partial charge in [-0.2, -0.15) is 0 Å². The Hall–Kier alpha value is -0.0100. The lowest BCUT2D eigenvalue weighted by atomic mass is 10.7. The summed E-state index contributed by atoms with van der Waals surface area (Å²) in [7, 11) is 0. The van der Waals surface area contributed by atoms with Crippen LogP contribution in [0, 0.1) is 6.58 Å². The fourth-order valence-corrected chi connectivity index (χ4v) is 0. The first-order chi connectivity index (χ1) is 2.27. The second kappa shape index (κ2) is 2.24. The molecule has 0 amide bonds. The number of aliphatic hydroxyl groups is 1. The molecule has 1 atom stereocenters. The molecule has 0 fully saturated rings. The molecule has 0 saturated carbocycles. The van der Waals surface area contributed by atoms with Crippen LogP contribution in [0.25, 0.3) is 0 Å². The molecule has 0 aliphatic carbocycles. The minimum atomic E-state index is -0.991. The average molecular weight is 91.5 g/mol. The van der Waals surface area contributed by atoms with Crippen molar-refractivity contribution in [1.82, 2.24) is 0 Å². The Morgan fingerprint density at radius 1 is 2.00 bits per heavy atom. The van der Waals surface area contributed by atoms with Crippen LogP contribution in [0.2, 0.25) is 0 Å². The lowest BCUT2D eigenvalue weighted by molar-refractivity contribution is 0.303. The van der Waals surface area contributed by atoms with E-state index in [1.165, 1.54) is 0 Å². The van der Waals surface area contributed by atoms with Gasteiger partial charge in [0, 0.05) is 0 Å². The van der Waals surface area contributed by atoms with Gasteiger partial charge in [-0.1, -0.05) is 18.2 Å². The first-order valence-electron chi connectivity index (χ1n) is 1.14. The minimum Gasteiger partial charge on any atom is -0.374 e. The molecule has 0 bridgehead atoms. The number of aliphatic hydroxyl groups excluding tert-OH is 1. The van der Waals surface area contributed by atoms with Gasteiger partial charge in [-0.3, -0.25) is 0 Å². The summed E-state index contributed by atoms with van der Waals surface area (Å²) >= 11 is 4.84. The summed E-state index contributed by atoms with van der Waals surface area (Å²) < 4.78 is 0. The number of rotatable bonds is 1. The van der Waals surface area contributed by atoms with Gasteiger partial charge < -0.3 is 5.11 Å². The van der Waals surface area contributed by atoms with E-state index in [2.05, 4.69) is 6.58 Å². The fourth-order valence-electron chi connectivity index (χ4n) is 0. The van der Waals surface area contributed by atoms with Crippen LogP contribution < -0.4 is 0 Å². The first-order valence-corrected chi connectivity index (χ1v) is 1.58. The Bertz CT molecular complexity index is 33.9. The first kappa shape index (κ1) is 4.99. The second-order valence-electron chi connectivity index (χ2n) is 0.565. The molecule has 0 heterocycles. The summed E-state index contributed by atoms with van der Waals surface area (Å²) in [4.78, 5) is 0. The van der Waals surface area contributed by atoms with Gasteiger partial charge in [-0.05, 0) is 6.08 Å². The molecule has 0 rings (SSSR count). The van der Waals surface area contributed by atoms with E-state index in [0.29, 0.717) is 0 Å². The maximum Gasteiger partial charge on any atom is 0.146 e. The number of halogens is 1. The van der Waals surface area contributed by atoms with E-state index in [1.807, 2.05) is 0 Å². The van der Waals surface area contributed by atoms with Crippen molar-refractivity contribution >= 4 is 11.6 Å². The average Bonchev–Trinajstić information content (AvgIpc) is 1.38. The topological polar surface area (TPSA) is 20.2 Å². The van der Waals surface area contributed by atoms with Crippen LogP contribution in [0.1, 0.15) is 0 Å². The number of alkyl halides is 1. The molecule has 2 heteroatoms. The Morgan fingerprint density at radius 2 is 2.20 bits per heavy atom. The van der Waals surface area contributed by atoms with Crippen molar-refractivity contribution in [1.29, 1.82) is 0 Å². The summed E-state index contributed by atoms with van der Waals surface area (Å²) in [6.07, 6.45) is 0.988. The third kappa shape index (κ3) is 3.99. The molecular formula is C3H4ClO. The molecule has 1 N–H and O–H groups in total. The Kier molecular flexibility index (Phi) is 2.24. The highest BCUT2D eigenvalue weighted by molar-refractivity contribution is 6.20. The normalized spacial score (nSPS) is 14.0. The Balaban J connectivity index is 2.83. The highest BCUT2D eigenvalue weighted by Crippen LogP contribution is 1.84. The lowest BCUT2D eigenvalue weighted by Crippen LogP contribution is -1.83. The molecule has 0 spiro atoms. The third-order valence-corrected chi connectivity index (χ3v) is 0.304. The maximum absolute atomic E-state index is 7.95. The van der Waals surface area contributed by atoms with Crippen LogP contribution in [0.4, 0.5) is 0 Å². The summed E-state index contributed by atoms with van der Waals surface area (Å²) in [5.74, 6) is 0. The molecule has 1 radical (unpaired) electrons. The van der Waals surface area contributed by atoms with Crippen LogP contribution in [-0.2, 0) is 0 Å². The van der Waals surface area contributed by atoms with Gasteiger partial charge in [0.2, 0.25) is 0 Å². The molecule has 0 aromatic rings. The molecule has 0 aromatic carbocycles. The van der Waals surface area contributed by atoms with Gasteiger partial charge >= 0.3 is 0 Å². The summed E-state index contributed by atoms with van der Waals surface area (Å²) in [5.41, 5.74) is -0.991. The van der Waals surface area contributed by atoms with Crippen molar-refractivity contribution < 1.29 is 5.11 Å². The lowest BCUT2D eigenvalue weighted by Gasteiger charge is -1.81. The fraction of sp³-hybridized carbons (Fsp3) is 0.333. The third-order valence-electron chi connectivity index (χ3n) is 0.159.